The summed E-state index contributed by atoms with van der Waals surface area (Å²) in [6.45, 7) is 0. The van der Waals surface area contributed by atoms with Gasteiger partial charge in [-0.05, 0) is 59.9 Å². The minimum atomic E-state index is -4.67. The molecule has 1 aliphatic heterocycles. The molecular formula is C25H22ClF3N2O4. The largest absolute Gasteiger partial charge is 0.480 e. The lowest BCUT2D eigenvalue weighted by molar-refractivity contribution is -0.139. The number of nitrogens with one attached hydrogen (secondary N) is 1. The highest BCUT2D eigenvalue weighted by molar-refractivity contribution is 6.03. The summed E-state index contributed by atoms with van der Waals surface area (Å²) in [5.74, 6) is -2.18. The zero-order valence-electron chi connectivity index (χ0n) is 18.2. The number of fused-ring (bicyclic) bond motifs is 1. The molecular weight excluding hydrogens is 485 g/mol. The van der Waals surface area contributed by atoms with E-state index < -0.39 is 29.7 Å². The number of carbonyl (C=O) groups excluding carboxylic acids is 1. The van der Waals surface area contributed by atoms with E-state index in [1.807, 2.05) is 0 Å². The summed E-state index contributed by atoms with van der Waals surface area (Å²) in [5, 5.41) is 11.6. The van der Waals surface area contributed by atoms with Crippen LogP contribution in [0.15, 0.2) is 66.7 Å². The number of anilines is 1. The Morgan fingerprint density at radius 1 is 1.06 bits per heavy atom. The molecule has 3 aromatic rings. The van der Waals surface area contributed by atoms with Crippen LogP contribution in [0.4, 0.5) is 18.9 Å². The smallest absolute Gasteiger partial charge is 0.419 e. The van der Waals surface area contributed by atoms with Crippen LogP contribution in [0.25, 0.3) is 0 Å². The number of amides is 1. The molecule has 1 amide bonds. The van der Waals surface area contributed by atoms with Gasteiger partial charge in [-0.2, -0.15) is 13.2 Å². The lowest BCUT2D eigenvalue weighted by Crippen LogP contribution is -2.32. The van der Waals surface area contributed by atoms with Gasteiger partial charge in [0.15, 0.2) is 0 Å². The molecule has 1 aliphatic rings. The first-order valence-corrected chi connectivity index (χ1v) is 10.5. The normalized spacial score (nSPS) is 15.5. The number of benzene rings is 3. The molecule has 0 bridgehead atoms. The van der Waals surface area contributed by atoms with Crippen molar-refractivity contribution >= 4 is 30.0 Å². The topological polar surface area (TPSA) is 102 Å². The first-order chi connectivity index (χ1) is 16.1. The van der Waals surface area contributed by atoms with E-state index in [0.29, 0.717) is 16.8 Å². The van der Waals surface area contributed by atoms with E-state index in [1.54, 1.807) is 36.4 Å². The Morgan fingerprint density at radius 3 is 2.37 bits per heavy atom. The van der Waals surface area contributed by atoms with Gasteiger partial charge in [0.2, 0.25) is 5.91 Å². The first kappa shape index (κ1) is 26.1. The Kier molecular flexibility index (Phi) is 7.72. The van der Waals surface area contributed by atoms with Crippen molar-refractivity contribution in [3.8, 4) is 11.5 Å². The maximum absolute atomic E-state index is 13.8. The fourth-order valence-electron chi connectivity index (χ4n) is 3.89. The second kappa shape index (κ2) is 10.4. The first-order valence-electron chi connectivity index (χ1n) is 10.5. The number of rotatable bonds is 7. The maximum Gasteiger partial charge on any atom is 0.419 e. The van der Waals surface area contributed by atoms with Gasteiger partial charge in [0.1, 0.15) is 17.5 Å². The fraction of sp³-hybridized carbons (Fsp3) is 0.200. The SMILES string of the molecule is Cl.NC(Cc1ccc(Oc2ccc(CC3C(=O)Nc4ccccc43)cc2C(F)(F)F)cc1)C(=O)O. The number of alkyl halides is 3. The fourth-order valence-corrected chi connectivity index (χ4v) is 3.89. The van der Waals surface area contributed by atoms with Crippen molar-refractivity contribution in [2.45, 2.75) is 31.0 Å². The van der Waals surface area contributed by atoms with Gasteiger partial charge >= 0.3 is 12.1 Å². The van der Waals surface area contributed by atoms with Crippen LogP contribution in [-0.4, -0.2) is 23.0 Å². The Morgan fingerprint density at radius 2 is 1.71 bits per heavy atom. The van der Waals surface area contributed by atoms with E-state index in [2.05, 4.69) is 5.32 Å². The molecule has 1 heterocycles. The van der Waals surface area contributed by atoms with E-state index in [0.717, 1.165) is 11.6 Å². The van der Waals surface area contributed by atoms with Crippen LogP contribution >= 0.6 is 12.4 Å². The van der Waals surface area contributed by atoms with Crippen molar-refractivity contribution in [2.75, 3.05) is 5.32 Å². The molecule has 0 saturated heterocycles. The van der Waals surface area contributed by atoms with Crippen LogP contribution in [0.2, 0.25) is 0 Å². The van der Waals surface area contributed by atoms with Crippen LogP contribution in [0.3, 0.4) is 0 Å². The monoisotopic (exact) mass is 506 g/mol. The number of aliphatic carboxylic acids is 1. The Balaban J connectivity index is 0.00000342. The van der Waals surface area contributed by atoms with E-state index in [-0.39, 0.29) is 42.7 Å². The standard InChI is InChI=1S/C25H21F3N2O4.ClH/c26-25(27,28)19-12-15(11-18-17-3-1-2-4-21(17)30-23(18)31)7-10-22(19)34-16-8-5-14(6-9-16)13-20(29)24(32)33;/h1-10,12,18,20H,11,13,29H2,(H,30,31)(H,32,33);1H. The molecule has 0 radical (unpaired) electrons. The third kappa shape index (κ3) is 5.93. The number of para-hydroxylation sites is 1. The van der Waals surface area contributed by atoms with Gasteiger partial charge in [0.25, 0.3) is 0 Å². The van der Waals surface area contributed by atoms with Crippen molar-refractivity contribution in [1.82, 2.24) is 0 Å². The second-order valence-electron chi connectivity index (χ2n) is 8.06. The quantitative estimate of drug-likeness (QED) is 0.411. The lowest BCUT2D eigenvalue weighted by atomic mass is 9.92. The van der Waals surface area contributed by atoms with Crippen LogP contribution in [0.1, 0.15) is 28.2 Å². The van der Waals surface area contributed by atoms with Gasteiger partial charge in [0.05, 0.1) is 11.5 Å². The molecule has 0 fully saturated rings. The van der Waals surface area contributed by atoms with Gasteiger partial charge in [0, 0.05) is 5.69 Å². The van der Waals surface area contributed by atoms with Crippen LogP contribution < -0.4 is 15.8 Å². The van der Waals surface area contributed by atoms with Crippen LogP contribution in [0.5, 0.6) is 11.5 Å². The minimum absolute atomic E-state index is 0. The summed E-state index contributed by atoms with van der Waals surface area (Å²) in [6.07, 6.45) is -4.48. The molecule has 2 unspecified atom stereocenters. The summed E-state index contributed by atoms with van der Waals surface area (Å²) in [6, 6.07) is 15.8. The number of nitrogens with two attached hydrogens (primary N) is 1. The molecule has 4 N–H and O–H groups in total. The number of hydrogen-bond acceptors (Lipinski definition) is 4. The second-order valence-corrected chi connectivity index (χ2v) is 8.06. The predicted molar refractivity (Wildman–Crippen MR) is 126 cm³/mol. The van der Waals surface area contributed by atoms with E-state index in [1.165, 1.54) is 24.3 Å². The van der Waals surface area contributed by atoms with Crippen LogP contribution in [-0.2, 0) is 28.6 Å². The molecule has 0 saturated carbocycles. The Bertz CT molecular complexity index is 1230. The van der Waals surface area contributed by atoms with Gasteiger partial charge in [-0.1, -0.05) is 36.4 Å². The summed E-state index contributed by atoms with van der Waals surface area (Å²) in [7, 11) is 0. The number of hydrogen-bond donors (Lipinski definition) is 3. The molecule has 35 heavy (non-hydrogen) atoms. The highest BCUT2D eigenvalue weighted by atomic mass is 35.5. The predicted octanol–water partition coefficient (Wildman–Crippen LogP) is 5.15. The number of halogens is 4. The maximum atomic E-state index is 13.8. The summed E-state index contributed by atoms with van der Waals surface area (Å²) in [5.41, 5.74) is 6.95. The summed E-state index contributed by atoms with van der Waals surface area (Å²) < 4.78 is 46.9. The Hall–Kier alpha value is -3.56. The zero-order valence-corrected chi connectivity index (χ0v) is 19.0. The molecule has 4 rings (SSSR count). The average Bonchev–Trinajstić information content (AvgIpc) is 3.10. The number of carboxylic acid groups (broad SMARTS) is 1. The summed E-state index contributed by atoms with van der Waals surface area (Å²) >= 11 is 0. The molecule has 0 aliphatic carbocycles. The Labute approximate surface area is 205 Å². The van der Waals surface area contributed by atoms with Crippen molar-refractivity contribution < 1.29 is 32.6 Å². The minimum Gasteiger partial charge on any atom is -0.480 e. The highest BCUT2D eigenvalue weighted by Crippen LogP contribution is 2.40. The number of carbonyl (C=O) groups is 2. The molecule has 6 nitrogen and oxygen atoms in total. The van der Waals surface area contributed by atoms with Crippen molar-refractivity contribution in [2.24, 2.45) is 5.73 Å². The highest BCUT2D eigenvalue weighted by Gasteiger charge is 2.36. The molecule has 0 spiro atoms. The van der Waals surface area contributed by atoms with Crippen molar-refractivity contribution in [3.63, 3.8) is 0 Å². The lowest BCUT2D eigenvalue weighted by Gasteiger charge is -2.17. The van der Waals surface area contributed by atoms with E-state index in [4.69, 9.17) is 15.6 Å². The van der Waals surface area contributed by atoms with Crippen LogP contribution in [0, 0.1) is 0 Å². The van der Waals surface area contributed by atoms with Gasteiger partial charge in [-0.25, -0.2) is 0 Å². The van der Waals surface area contributed by atoms with Gasteiger partial charge in [-0.15, -0.1) is 12.4 Å². The molecule has 0 aromatic heterocycles. The van der Waals surface area contributed by atoms with Gasteiger partial charge in [-0.3, -0.25) is 9.59 Å². The zero-order chi connectivity index (χ0) is 24.5. The van der Waals surface area contributed by atoms with Crippen molar-refractivity contribution in [3.05, 3.63) is 89.0 Å². The van der Waals surface area contributed by atoms with Crippen molar-refractivity contribution in [1.29, 1.82) is 0 Å². The molecule has 3 aromatic carbocycles. The summed E-state index contributed by atoms with van der Waals surface area (Å²) in [4.78, 5) is 23.2. The molecule has 184 valence electrons. The number of carboxylic acids is 1. The molecule has 2 atom stereocenters. The average molecular weight is 507 g/mol. The third-order valence-corrected chi connectivity index (χ3v) is 5.62. The van der Waals surface area contributed by atoms with E-state index in [9.17, 15) is 22.8 Å². The van der Waals surface area contributed by atoms with E-state index >= 15 is 0 Å². The number of ether oxygens (including phenoxy) is 1. The van der Waals surface area contributed by atoms with Gasteiger partial charge < -0.3 is 20.9 Å². The third-order valence-electron chi connectivity index (χ3n) is 5.62. The molecule has 10 heteroatoms.